The van der Waals surface area contributed by atoms with Crippen molar-refractivity contribution in [1.29, 1.82) is 0 Å². The fourth-order valence-electron chi connectivity index (χ4n) is 2.85. The topological polar surface area (TPSA) is 49.8 Å². The molecule has 4 nitrogen and oxygen atoms in total. The average molecular weight is 243 g/mol. The van der Waals surface area contributed by atoms with Crippen LogP contribution in [-0.4, -0.2) is 48.8 Å². The molecule has 2 unspecified atom stereocenters. The third-order valence-electron chi connectivity index (χ3n) is 3.82. The van der Waals surface area contributed by atoms with Gasteiger partial charge in [0.05, 0.1) is 12.0 Å². The van der Waals surface area contributed by atoms with E-state index in [-0.39, 0.29) is 0 Å². The Morgan fingerprint density at radius 1 is 1.59 bits per heavy atom. The van der Waals surface area contributed by atoms with Gasteiger partial charge in [0, 0.05) is 19.7 Å². The highest BCUT2D eigenvalue weighted by Crippen LogP contribution is 2.35. The van der Waals surface area contributed by atoms with Crippen LogP contribution in [0.15, 0.2) is 0 Å². The molecule has 0 saturated carbocycles. The average Bonchev–Trinajstić information content (AvgIpc) is 2.30. The second-order valence-corrected chi connectivity index (χ2v) is 5.21. The number of methoxy groups -OCH3 is 1. The van der Waals surface area contributed by atoms with Crippen molar-refractivity contribution >= 4 is 5.97 Å². The Morgan fingerprint density at radius 3 is 2.82 bits per heavy atom. The number of nitrogens with zero attached hydrogens (tertiary/aromatic N) is 1. The van der Waals surface area contributed by atoms with Crippen molar-refractivity contribution in [2.24, 2.45) is 5.41 Å². The summed E-state index contributed by atoms with van der Waals surface area (Å²) < 4.78 is 5.16. The van der Waals surface area contributed by atoms with Gasteiger partial charge in [0.1, 0.15) is 0 Å². The van der Waals surface area contributed by atoms with Crippen LogP contribution in [0.2, 0.25) is 0 Å². The molecule has 100 valence electrons. The third kappa shape index (κ3) is 3.42. The summed E-state index contributed by atoms with van der Waals surface area (Å²) >= 11 is 0. The molecule has 1 saturated heterocycles. The summed E-state index contributed by atoms with van der Waals surface area (Å²) in [4.78, 5) is 13.8. The highest BCUT2D eigenvalue weighted by Gasteiger charge is 2.42. The molecule has 0 aromatic rings. The van der Waals surface area contributed by atoms with E-state index in [9.17, 15) is 9.90 Å². The van der Waals surface area contributed by atoms with Crippen molar-refractivity contribution in [3.8, 4) is 0 Å². The molecule has 4 heteroatoms. The highest BCUT2D eigenvalue weighted by atomic mass is 16.5. The van der Waals surface area contributed by atoms with Crippen LogP contribution in [0.1, 0.15) is 39.5 Å². The number of carbonyl (C=O) groups is 1. The van der Waals surface area contributed by atoms with Crippen LogP contribution >= 0.6 is 0 Å². The Hall–Kier alpha value is -0.610. The van der Waals surface area contributed by atoms with Gasteiger partial charge in [0.15, 0.2) is 0 Å². The number of hydrogen-bond acceptors (Lipinski definition) is 3. The lowest BCUT2D eigenvalue weighted by Gasteiger charge is -2.42. The minimum atomic E-state index is -0.631. The molecule has 0 amide bonds. The molecule has 17 heavy (non-hydrogen) atoms. The van der Waals surface area contributed by atoms with Crippen LogP contribution in [0, 0.1) is 5.41 Å². The quantitative estimate of drug-likeness (QED) is 0.775. The largest absolute Gasteiger partial charge is 0.481 e. The molecule has 1 aliphatic rings. The molecular formula is C13H25NO3. The Labute approximate surface area is 104 Å². The number of carboxylic acids is 1. The van der Waals surface area contributed by atoms with Gasteiger partial charge in [-0.15, -0.1) is 0 Å². The van der Waals surface area contributed by atoms with Gasteiger partial charge >= 0.3 is 5.97 Å². The van der Waals surface area contributed by atoms with Gasteiger partial charge in [0.25, 0.3) is 0 Å². The lowest BCUT2D eigenvalue weighted by atomic mass is 9.76. The van der Waals surface area contributed by atoms with Gasteiger partial charge in [-0.25, -0.2) is 0 Å². The maximum Gasteiger partial charge on any atom is 0.310 e. The van der Waals surface area contributed by atoms with E-state index in [0.29, 0.717) is 19.2 Å². The number of aliphatic carboxylic acids is 1. The third-order valence-corrected chi connectivity index (χ3v) is 3.82. The monoisotopic (exact) mass is 243 g/mol. The molecule has 1 fully saturated rings. The van der Waals surface area contributed by atoms with E-state index >= 15 is 0 Å². The lowest BCUT2D eigenvalue weighted by Crippen LogP contribution is -2.51. The SMILES string of the molecule is CCCC1(C(=O)O)CCCN(C(C)COC)C1. The fourth-order valence-corrected chi connectivity index (χ4v) is 2.85. The minimum Gasteiger partial charge on any atom is -0.481 e. The molecule has 0 aromatic heterocycles. The van der Waals surface area contributed by atoms with Gasteiger partial charge in [-0.05, 0) is 32.7 Å². The Kier molecular flexibility index (Phi) is 5.40. The van der Waals surface area contributed by atoms with E-state index < -0.39 is 11.4 Å². The van der Waals surface area contributed by atoms with Crippen molar-refractivity contribution in [2.45, 2.75) is 45.6 Å². The van der Waals surface area contributed by atoms with Crippen LogP contribution in [0.3, 0.4) is 0 Å². The summed E-state index contributed by atoms with van der Waals surface area (Å²) in [6, 6.07) is 0.302. The smallest absolute Gasteiger partial charge is 0.310 e. The molecule has 1 aliphatic heterocycles. The number of rotatable bonds is 6. The zero-order valence-corrected chi connectivity index (χ0v) is 11.2. The molecular weight excluding hydrogens is 218 g/mol. The van der Waals surface area contributed by atoms with Crippen LogP contribution in [0.25, 0.3) is 0 Å². The van der Waals surface area contributed by atoms with E-state index in [1.807, 2.05) is 0 Å². The molecule has 0 radical (unpaired) electrons. The molecule has 1 rings (SSSR count). The van der Waals surface area contributed by atoms with Crippen LogP contribution in [0.4, 0.5) is 0 Å². The van der Waals surface area contributed by atoms with E-state index in [4.69, 9.17) is 4.74 Å². The molecule has 0 spiro atoms. The zero-order chi connectivity index (χ0) is 12.9. The molecule has 0 aromatic carbocycles. The molecule has 1 N–H and O–H groups in total. The predicted molar refractivity (Wildman–Crippen MR) is 67.1 cm³/mol. The summed E-state index contributed by atoms with van der Waals surface area (Å²) in [6.45, 7) is 6.49. The summed E-state index contributed by atoms with van der Waals surface area (Å²) in [5.74, 6) is -0.631. The Bertz CT molecular complexity index is 253. The number of likely N-dealkylation sites (tertiary alicyclic amines) is 1. The van der Waals surface area contributed by atoms with Gasteiger partial charge < -0.3 is 9.84 Å². The fraction of sp³-hybridized carbons (Fsp3) is 0.923. The molecule has 1 heterocycles. The van der Waals surface area contributed by atoms with Gasteiger partial charge in [-0.3, -0.25) is 9.69 Å². The maximum absolute atomic E-state index is 11.5. The summed E-state index contributed by atoms with van der Waals surface area (Å²) in [7, 11) is 1.69. The summed E-state index contributed by atoms with van der Waals surface area (Å²) in [6.07, 6.45) is 3.49. The number of ether oxygens (including phenoxy) is 1. The normalized spacial score (nSPS) is 27.9. The van der Waals surface area contributed by atoms with Crippen LogP contribution in [-0.2, 0) is 9.53 Å². The Balaban J connectivity index is 2.71. The predicted octanol–water partition coefficient (Wildman–Crippen LogP) is 1.99. The molecule has 2 atom stereocenters. The first-order valence-corrected chi connectivity index (χ1v) is 6.52. The van der Waals surface area contributed by atoms with E-state index in [2.05, 4.69) is 18.7 Å². The van der Waals surface area contributed by atoms with Crippen molar-refractivity contribution < 1.29 is 14.6 Å². The summed E-state index contributed by atoms with van der Waals surface area (Å²) in [5, 5.41) is 9.49. The standard InChI is InChI=1S/C13H25NO3/c1-4-6-13(12(15)16)7-5-8-14(10-13)11(2)9-17-3/h11H,4-10H2,1-3H3,(H,15,16). The molecule has 0 bridgehead atoms. The number of carboxylic acid groups (broad SMARTS) is 1. The zero-order valence-electron chi connectivity index (χ0n) is 11.2. The van der Waals surface area contributed by atoms with Crippen molar-refractivity contribution in [3.05, 3.63) is 0 Å². The Morgan fingerprint density at radius 2 is 2.29 bits per heavy atom. The second-order valence-electron chi connectivity index (χ2n) is 5.21. The van der Waals surface area contributed by atoms with E-state index in [1.54, 1.807) is 7.11 Å². The van der Waals surface area contributed by atoms with Crippen molar-refractivity contribution in [1.82, 2.24) is 4.90 Å². The van der Waals surface area contributed by atoms with Gasteiger partial charge in [0.2, 0.25) is 0 Å². The number of piperidine rings is 1. The van der Waals surface area contributed by atoms with Gasteiger partial charge in [-0.1, -0.05) is 13.3 Å². The number of hydrogen-bond donors (Lipinski definition) is 1. The second kappa shape index (κ2) is 6.36. The molecule has 0 aliphatic carbocycles. The first-order chi connectivity index (χ1) is 8.05. The first-order valence-electron chi connectivity index (χ1n) is 6.52. The minimum absolute atomic E-state index is 0.302. The summed E-state index contributed by atoms with van der Waals surface area (Å²) in [5.41, 5.74) is -0.533. The van der Waals surface area contributed by atoms with Crippen LogP contribution in [0.5, 0.6) is 0 Å². The van der Waals surface area contributed by atoms with Gasteiger partial charge in [-0.2, -0.15) is 0 Å². The van der Waals surface area contributed by atoms with Crippen molar-refractivity contribution in [3.63, 3.8) is 0 Å². The maximum atomic E-state index is 11.5. The first kappa shape index (κ1) is 14.5. The van der Waals surface area contributed by atoms with E-state index in [1.165, 1.54) is 0 Å². The van der Waals surface area contributed by atoms with Crippen LogP contribution < -0.4 is 0 Å². The van der Waals surface area contributed by atoms with Crippen molar-refractivity contribution in [2.75, 3.05) is 26.8 Å². The lowest BCUT2D eigenvalue weighted by molar-refractivity contribution is -0.154. The highest BCUT2D eigenvalue weighted by molar-refractivity contribution is 5.75. The van der Waals surface area contributed by atoms with E-state index in [0.717, 1.165) is 32.2 Å².